The zero-order chi connectivity index (χ0) is 10.7. The van der Waals surface area contributed by atoms with Crippen molar-refractivity contribution in [2.45, 2.75) is 37.3 Å². The summed E-state index contributed by atoms with van der Waals surface area (Å²) in [5.74, 6) is 0. The van der Waals surface area contributed by atoms with Crippen LogP contribution in [-0.2, 0) is 4.74 Å². The third-order valence-electron chi connectivity index (χ3n) is 2.40. The van der Waals surface area contributed by atoms with Gasteiger partial charge in [-0.1, -0.05) is 34.2 Å². The summed E-state index contributed by atoms with van der Waals surface area (Å²) in [5.41, 5.74) is 2.11. The van der Waals surface area contributed by atoms with Crippen molar-refractivity contribution >= 4 is 15.9 Å². The molecule has 0 aromatic heterocycles. The molecular weight excluding hydrogens is 244 g/mol. The minimum Gasteiger partial charge on any atom is -0.388 e. The first-order valence-corrected chi connectivity index (χ1v) is 5.78. The molecule has 3 heteroatoms. The molecule has 0 aromatic rings. The Bertz CT molecular complexity index is 248. The summed E-state index contributed by atoms with van der Waals surface area (Å²) in [6.45, 7) is 8.47. The van der Waals surface area contributed by atoms with Gasteiger partial charge < -0.3 is 9.84 Å². The molecule has 14 heavy (non-hydrogen) atoms. The molecular formula is C11H17BrO2. The zero-order valence-electron chi connectivity index (χ0n) is 8.66. The van der Waals surface area contributed by atoms with Crippen LogP contribution in [-0.4, -0.2) is 28.7 Å². The molecule has 0 amide bonds. The number of allylic oxidation sites excluding steroid dienone is 1. The zero-order valence-corrected chi connectivity index (χ0v) is 10.3. The Labute approximate surface area is 93.8 Å². The molecule has 1 rings (SSSR count). The minimum atomic E-state index is -0.480. The molecule has 0 aromatic carbocycles. The highest BCUT2D eigenvalue weighted by Crippen LogP contribution is 2.29. The summed E-state index contributed by atoms with van der Waals surface area (Å²) in [6.07, 6.45) is 2.26. The van der Waals surface area contributed by atoms with Gasteiger partial charge in [0.25, 0.3) is 0 Å². The van der Waals surface area contributed by atoms with Crippen molar-refractivity contribution in [3.8, 4) is 0 Å². The molecule has 0 saturated heterocycles. The van der Waals surface area contributed by atoms with E-state index in [4.69, 9.17) is 4.74 Å². The molecule has 0 aliphatic heterocycles. The maximum absolute atomic E-state index is 9.75. The molecule has 0 fully saturated rings. The van der Waals surface area contributed by atoms with Crippen molar-refractivity contribution in [3.63, 3.8) is 0 Å². The highest BCUT2D eigenvalue weighted by molar-refractivity contribution is 9.09. The first kappa shape index (κ1) is 12.0. The number of aliphatic hydroxyl groups excluding tert-OH is 1. The van der Waals surface area contributed by atoms with Crippen molar-refractivity contribution in [3.05, 3.63) is 23.8 Å². The first-order chi connectivity index (χ1) is 6.56. The van der Waals surface area contributed by atoms with Crippen LogP contribution in [0, 0.1) is 0 Å². The normalized spacial score (nSPS) is 32.6. The van der Waals surface area contributed by atoms with E-state index in [1.807, 2.05) is 19.9 Å². The highest BCUT2D eigenvalue weighted by Gasteiger charge is 2.30. The van der Waals surface area contributed by atoms with E-state index in [0.29, 0.717) is 6.61 Å². The number of rotatable bonds is 3. The molecule has 0 radical (unpaired) electrons. The van der Waals surface area contributed by atoms with Crippen LogP contribution in [0.4, 0.5) is 0 Å². The van der Waals surface area contributed by atoms with Gasteiger partial charge in [-0.2, -0.15) is 0 Å². The number of ether oxygens (including phenoxy) is 1. The van der Waals surface area contributed by atoms with Crippen LogP contribution in [0.2, 0.25) is 0 Å². The number of hydrogen-bond acceptors (Lipinski definition) is 2. The van der Waals surface area contributed by atoms with Crippen LogP contribution in [0.3, 0.4) is 0 Å². The minimum absolute atomic E-state index is 0.00875. The largest absolute Gasteiger partial charge is 0.388 e. The van der Waals surface area contributed by atoms with E-state index in [-0.39, 0.29) is 10.9 Å². The highest BCUT2D eigenvalue weighted by atomic mass is 79.9. The van der Waals surface area contributed by atoms with Gasteiger partial charge in [0.2, 0.25) is 0 Å². The van der Waals surface area contributed by atoms with Gasteiger partial charge in [0.15, 0.2) is 0 Å². The van der Waals surface area contributed by atoms with Crippen LogP contribution >= 0.6 is 15.9 Å². The maximum Gasteiger partial charge on any atom is 0.0877 e. The molecule has 2 nitrogen and oxygen atoms in total. The van der Waals surface area contributed by atoms with E-state index >= 15 is 0 Å². The predicted octanol–water partition coefficient (Wildman–Crippen LogP) is 2.42. The molecule has 1 unspecified atom stereocenters. The fourth-order valence-electron chi connectivity index (χ4n) is 1.60. The Morgan fingerprint density at radius 3 is 2.93 bits per heavy atom. The second kappa shape index (κ2) is 5.10. The van der Waals surface area contributed by atoms with E-state index in [9.17, 15) is 5.11 Å². The molecule has 0 spiro atoms. The Morgan fingerprint density at radius 1 is 1.79 bits per heavy atom. The summed E-state index contributed by atoms with van der Waals surface area (Å²) >= 11 is 3.45. The second-order valence-corrected chi connectivity index (χ2v) is 4.66. The molecule has 80 valence electrons. The van der Waals surface area contributed by atoms with Gasteiger partial charge in [0, 0.05) is 6.61 Å². The van der Waals surface area contributed by atoms with Crippen molar-refractivity contribution in [1.29, 1.82) is 0 Å². The lowest BCUT2D eigenvalue weighted by atomic mass is 9.91. The summed E-state index contributed by atoms with van der Waals surface area (Å²) in [5, 5.41) is 9.75. The smallest absolute Gasteiger partial charge is 0.0877 e. The number of alkyl halides is 1. The van der Waals surface area contributed by atoms with Crippen LogP contribution in [0.25, 0.3) is 0 Å². The van der Waals surface area contributed by atoms with Crippen LogP contribution in [0.5, 0.6) is 0 Å². The summed E-state index contributed by atoms with van der Waals surface area (Å²) in [4.78, 5) is -0.00875. The Kier molecular flexibility index (Phi) is 4.35. The van der Waals surface area contributed by atoms with E-state index in [2.05, 4.69) is 22.5 Å². The fourth-order valence-corrected chi connectivity index (χ4v) is 2.09. The monoisotopic (exact) mass is 260 g/mol. The third-order valence-corrected chi connectivity index (χ3v) is 3.53. The van der Waals surface area contributed by atoms with Gasteiger partial charge >= 0.3 is 0 Å². The molecule has 1 aliphatic rings. The lowest BCUT2D eigenvalue weighted by Crippen LogP contribution is -2.37. The van der Waals surface area contributed by atoms with E-state index < -0.39 is 6.10 Å². The predicted molar refractivity (Wildman–Crippen MR) is 61.6 cm³/mol. The summed E-state index contributed by atoms with van der Waals surface area (Å²) in [7, 11) is 0. The van der Waals surface area contributed by atoms with E-state index in [0.717, 1.165) is 17.6 Å². The fraction of sp³-hybridized carbons (Fsp3) is 0.636. The Balaban J connectivity index is 2.76. The quantitative estimate of drug-likeness (QED) is 0.790. The molecule has 0 saturated carbocycles. The van der Waals surface area contributed by atoms with Gasteiger partial charge in [0.05, 0.1) is 17.0 Å². The average Bonchev–Trinajstić information content (AvgIpc) is 2.12. The molecule has 0 bridgehead atoms. The van der Waals surface area contributed by atoms with Gasteiger partial charge in [0.1, 0.15) is 0 Å². The van der Waals surface area contributed by atoms with Gasteiger partial charge in [-0.15, -0.1) is 0 Å². The maximum atomic E-state index is 9.75. The van der Waals surface area contributed by atoms with Crippen molar-refractivity contribution in [2.24, 2.45) is 0 Å². The SMILES string of the molecule is C=C(C)C1=C[C@H](O)C(Br)[C@H](OCC)C1. The van der Waals surface area contributed by atoms with Crippen molar-refractivity contribution in [2.75, 3.05) is 6.61 Å². The van der Waals surface area contributed by atoms with Crippen LogP contribution < -0.4 is 0 Å². The van der Waals surface area contributed by atoms with E-state index in [1.165, 1.54) is 0 Å². The lowest BCUT2D eigenvalue weighted by Gasteiger charge is -2.31. The number of hydrogen-bond donors (Lipinski definition) is 1. The second-order valence-electron chi connectivity index (χ2n) is 3.61. The molecule has 0 heterocycles. The molecule has 3 atom stereocenters. The van der Waals surface area contributed by atoms with Gasteiger partial charge in [-0.05, 0) is 25.8 Å². The third kappa shape index (κ3) is 2.69. The van der Waals surface area contributed by atoms with Gasteiger partial charge in [-0.3, -0.25) is 0 Å². The Hall–Kier alpha value is -0.120. The molecule has 1 aliphatic carbocycles. The van der Waals surface area contributed by atoms with Crippen LogP contribution in [0.1, 0.15) is 20.3 Å². The topological polar surface area (TPSA) is 29.5 Å². The number of halogens is 1. The Morgan fingerprint density at radius 2 is 2.43 bits per heavy atom. The molecule has 1 N–H and O–H groups in total. The van der Waals surface area contributed by atoms with E-state index in [1.54, 1.807) is 0 Å². The average molecular weight is 261 g/mol. The standard InChI is InChI=1S/C11H17BrO2/c1-4-14-10-6-8(7(2)3)5-9(13)11(10)12/h5,9-11,13H,2,4,6H2,1,3H3/t9-,10+,11?/m0/s1. The first-order valence-electron chi connectivity index (χ1n) is 4.86. The van der Waals surface area contributed by atoms with Crippen molar-refractivity contribution in [1.82, 2.24) is 0 Å². The summed E-state index contributed by atoms with van der Waals surface area (Å²) in [6, 6.07) is 0. The van der Waals surface area contributed by atoms with Crippen LogP contribution in [0.15, 0.2) is 23.8 Å². The lowest BCUT2D eigenvalue weighted by molar-refractivity contribution is 0.0332. The van der Waals surface area contributed by atoms with Crippen molar-refractivity contribution < 1.29 is 9.84 Å². The number of aliphatic hydroxyl groups is 1. The van der Waals surface area contributed by atoms with Gasteiger partial charge in [-0.25, -0.2) is 0 Å². The summed E-state index contributed by atoms with van der Waals surface area (Å²) < 4.78 is 5.56.